The number of ether oxygens (including phenoxy) is 1. The van der Waals surface area contributed by atoms with Crippen LogP contribution >= 0.6 is 23.4 Å². The second-order valence-electron chi connectivity index (χ2n) is 3.92. The van der Waals surface area contributed by atoms with E-state index in [1.54, 1.807) is 18.9 Å². The fourth-order valence-electron chi connectivity index (χ4n) is 1.37. The predicted molar refractivity (Wildman–Crippen MR) is 66.4 cm³/mol. The van der Waals surface area contributed by atoms with Crippen LogP contribution in [0.25, 0.3) is 0 Å². The van der Waals surface area contributed by atoms with Crippen molar-refractivity contribution in [3.8, 4) is 0 Å². The van der Waals surface area contributed by atoms with Gasteiger partial charge in [-0.3, -0.25) is 0 Å². The molecule has 1 aliphatic rings. The molecule has 88 valence electrons. The molecule has 5 heteroatoms. The minimum atomic E-state index is 0.542. The highest BCUT2D eigenvalue weighted by Crippen LogP contribution is 2.39. The number of hydrogen-bond acceptors (Lipinski definition) is 4. The van der Waals surface area contributed by atoms with E-state index in [0.717, 1.165) is 28.8 Å². The maximum atomic E-state index is 6.11. The van der Waals surface area contributed by atoms with Crippen LogP contribution in [0.4, 0.5) is 0 Å². The molecule has 0 aromatic carbocycles. The van der Waals surface area contributed by atoms with Crippen molar-refractivity contribution >= 4 is 23.4 Å². The van der Waals surface area contributed by atoms with Crippen molar-refractivity contribution in [2.24, 2.45) is 0 Å². The fraction of sp³-hybridized carbons (Fsp3) is 0.636. The van der Waals surface area contributed by atoms with Crippen LogP contribution in [0.5, 0.6) is 0 Å². The Morgan fingerprint density at radius 1 is 1.44 bits per heavy atom. The summed E-state index contributed by atoms with van der Waals surface area (Å²) in [6.45, 7) is 2.69. The summed E-state index contributed by atoms with van der Waals surface area (Å²) in [7, 11) is 1.70. The molecule has 1 aliphatic carbocycles. The summed E-state index contributed by atoms with van der Waals surface area (Å²) in [5.74, 6) is 2.35. The maximum Gasteiger partial charge on any atom is 0.136 e. The average Bonchev–Trinajstić information content (AvgIpc) is 3.08. The molecule has 1 aromatic heterocycles. The third-order valence-corrected chi connectivity index (χ3v) is 3.94. The van der Waals surface area contributed by atoms with E-state index in [4.69, 9.17) is 16.3 Å². The molecule has 16 heavy (non-hydrogen) atoms. The predicted octanol–water partition coefficient (Wildman–Crippen LogP) is 3.05. The smallest absolute Gasteiger partial charge is 0.136 e. The van der Waals surface area contributed by atoms with Crippen molar-refractivity contribution in [1.82, 2.24) is 9.97 Å². The summed E-state index contributed by atoms with van der Waals surface area (Å²) in [6, 6.07) is 0. The first-order valence-corrected chi connectivity index (χ1v) is 6.74. The molecule has 0 spiro atoms. The van der Waals surface area contributed by atoms with E-state index in [1.165, 1.54) is 12.8 Å². The quantitative estimate of drug-likeness (QED) is 0.462. The molecule has 0 aliphatic heterocycles. The molecule has 0 amide bonds. The molecule has 1 heterocycles. The molecule has 1 fully saturated rings. The van der Waals surface area contributed by atoms with Gasteiger partial charge in [-0.2, -0.15) is 0 Å². The zero-order valence-electron chi connectivity index (χ0n) is 9.49. The van der Waals surface area contributed by atoms with Crippen molar-refractivity contribution in [1.29, 1.82) is 0 Å². The molecule has 1 aromatic rings. The van der Waals surface area contributed by atoms with Gasteiger partial charge in [-0.1, -0.05) is 11.6 Å². The molecular formula is C11H15ClN2OS. The van der Waals surface area contributed by atoms with Crippen LogP contribution in [-0.2, 0) is 4.74 Å². The maximum absolute atomic E-state index is 6.11. The molecule has 2 rings (SSSR count). The van der Waals surface area contributed by atoms with Gasteiger partial charge in [0, 0.05) is 24.3 Å². The summed E-state index contributed by atoms with van der Waals surface area (Å²) in [5, 5.41) is 1.59. The first kappa shape index (κ1) is 12.1. The molecule has 1 saturated carbocycles. The lowest BCUT2D eigenvalue weighted by Crippen LogP contribution is -2.00. The highest BCUT2D eigenvalue weighted by molar-refractivity contribution is 7.99. The van der Waals surface area contributed by atoms with Gasteiger partial charge in [-0.25, -0.2) is 9.97 Å². The number of methoxy groups -OCH3 is 1. The lowest BCUT2D eigenvalue weighted by atomic mass is 10.3. The Balaban J connectivity index is 2.14. The minimum Gasteiger partial charge on any atom is -0.384 e. The third-order valence-electron chi connectivity index (χ3n) is 2.53. The van der Waals surface area contributed by atoms with Gasteiger partial charge in [0.05, 0.1) is 6.61 Å². The van der Waals surface area contributed by atoms with Crippen molar-refractivity contribution < 1.29 is 4.74 Å². The van der Waals surface area contributed by atoms with Crippen LogP contribution in [0.1, 0.15) is 30.1 Å². The highest BCUT2D eigenvalue weighted by Gasteiger charge is 2.27. The Bertz CT molecular complexity index is 382. The molecule has 0 atom stereocenters. The highest BCUT2D eigenvalue weighted by atomic mass is 35.5. The summed E-state index contributed by atoms with van der Waals surface area (Å²) in [4.78, 5) is 8.91. The van der Waals surface area contributed by atoms with Gasteiger partial charge in [0.1, 0.15) is 16.0 Å². The Morgan fingerprint density at radius 3 is 2.81 bits per heavy atom. The van der Waals surface area contributed by atoms with Crippen LogP contribution < -0.4 is 0 Å². The fourth-order valence-corrected chi connectivity index (χ4v) is 2.52. The zero-order chi connectivity index (χ0) is 11.5. The van der Waals surface area contributed by atoms with E-state index in [1.807, 2.05) is 6.92 Å². The SMILES string of the molecule is COCCSc1nc(C2CC2)nc(Cl)c1C. The summed E-state index contributed by atoms with van der Waals surface area (Å²) in [5.41, 5.74) is 0.979. The summed E-state index contributed by atoms with van der Waals surface area (Å²) >= 11 is 7.79. The normalized spacial score (nSPS) is 15.4. The van der Waals surface area contributed by atoms with Gasteiger partial charge in [0.25, 0.3) is 0 Å². The number of hydrogen-bond donors (Lipinski definition) is 0. The van der Waals surface area contributed by atoms with Crippen molar-refractivity contribution in [3.63, 3.8) is 0 Å². The topological polar surface area (TPSA) is 35.0 Å². The Kier molecular flexibility index (Phi) is 4.05. The number of thioether (sulfide) groups is 1. The largest absolute Gasteiger partial charge is 0.384 e. The number of aromatic nitrogens is 2. The van der Waals surface area contributed by atoms with E-state index < -0.39 is 0 Å². The number of nitrogens with zero attached hydrogens (tertiary/aromatic N) is 2. The monoisotopic (exact) mass is 258 g/mol. The van der Waals surface area contributed by atoms with E-state index in [-0.39, 0.29) is 0 Å². The molecule has 0 unspecified atom stereocenters. The number of rotatable bonds is 5. The van der Waals surface area contributed by atoms with Gasteiger partial charge in [-0.15, -0.1) is 11.8 Å². The van der Waals surface area contributed by atoms with E-state index >= 15 is 0 Å². The van der Waals surface area contributed by atoms with Crippen LogP contribution in [-0.4, -0.2) is 29.4 Å². The second kappa shape index (κ2) is 5.34. The lowest BCUT2D eigenvalue weighted by molar-refractivity contribution is 0.218. The van der Waals surface area contributed by atoms with Gasteiger partial charge < -0.3 is 4.74 Å². The van der Waals surface area contributed by atoms with Crippen LogP contribution in [0.3, 0.4) is 0 Å². The van der Waals surface area contributed by atoms with Crippen molar-refractivity contribution in [2.45, 2.75) is 30.7 Å². The zero-order valence-corrected chi connectivity index (χ0v) is 11.1. The molecule has 0 saturated heterocycles. The first-order valence-electron chi connectivity index (χ1n) is 5.38. The van der Waals surface area contributed by atoms with E-state index in [0.29, 0.717) is 11.1 Å². The van der Waals surface area contributed by atoms with Crippen LogP contribution in [0.2, 0.25) is 5.15 Å². The van der Waals surface area contributed by atoms with E-state index in [9.17, 15) is 0 Å². The molecule has 0 N–H and O–H groups in total. The Hall–Kier alpha value is -0.320. The van der Waals surface area contributed by atoms with Crippen LogP contribution in [0, 0.1) is 6.92 Å². The Morgan fingerprint density at radius 2 is 2.19 bits per heavy atom. The molecule has 0 radical (unpaired) electrons. The van der Waals surface area contributed by atoms with Crippen molar-refractivity contribution in [3.05, 3.63) is 16.5 Å². The molecule has 3 nitrogen and oxygen atoms in total. The average molecular weight is 259 g/mol. The van der Waals surface area contributed by atoms with Gasteiger partial charge in [0.2, 0.25) is 0 Å². The number of halogens is 1. The lowest BCUT2D eigenvalue weighted by Gasteiger charge is -2.08. The van der Waals surface area contributed by atoms with E-state index in [2.05, 4.69) is 9.97 Å². The first-order chi connectivity index (χ1) is 7.72. The molecular weight excluding hydrogens is 244 g/mol. The van der Waals surface area contributed by atoms with Crippen LogP contribution in [0.15, 0.2) is 5.03 Å². The molecule has 0 bridgehead atoms. The third kappa shape index (κ3) is 2.87. The second-order valence-corrected chi connectivity index (χ2v) is 5.36. The van der Waals surface area contributed by atoms with Gasteiger partial charge in [0.15, 0.2) is 0 Å². The minimum absolute atomic E-state index is 0.542. The Labute approximate surface area is 105 Å². The van der Waals surface area contributed by atoms with Crippen molar-refractivity contribution in [2.75, 3.05) is 19.5 Å². The standard InChI is InChI=1S/C11H15ClN2OS/c1-7-9(12)13-10(8-3-4-8)14-11(7)16-6-5-15-2/h8H,3-6H2,1-2H3. The van der Waals surface area contributed by atoms with Gasteiger partial charge >= 0.3 is 0 Å². The summed E-state index contributed by atoms with van der Waals surface area (Å²) in [6.07, 6.45) is 2.39. The summed E-state index contributed by atoms with van der Waals surface area (Å²) < 4.78 is 5.03. The van der Waals surface area contributed by atoms with Gasteiger partial charge in [-0.05, 0) is 19.8 Å².